The summed E-state index contributed by atoms with van der Waals surface area (Å²) in [5.41, 5.74) is 5.38. The lowest BCUT2D eigenvalue weighted by Gasteiger charge is -2.13. The van der Waals surface area contributed by atoms with Gasteiger partial charge in [0.05, 0.1) is 0 Å². The highest BCUT2D eigenvalue weighted by Gasteiger charge is 2.19. The monoisotopic (exact) mass is 732 g/mol. The summed E-state index contributed by atoms with van der Waals surface area (Å²) >= 11 is 1.81. The molecule has 5 nitrogen and oxygen atoms in total. The Bertz CT molecular complexity index is 3550. The summed E-state index contributed by atoms with van der Waals surface area (Å²) in [6.07, 6.45) is 0. The van der Waals surface area contributed by atoms with Crippen LogP contribution >= 0.6 is 11.3 Å². The maximum atomic E-state index is 6.80. The van der Waals surface area contributed by atoms with E-state index >= 15 is 0 Å². The van der Waals surface area contributed by atoms with Crippen LogP contribution in [0.5, 0.6) is 0 Å². The summed E-state index contributed by atoms with van der Waals surface area (Å²) in [6, 6.07) is 59.3. The highest BCUT2D eigenvalue weighted by molar-refractivity contribution is 7.25. The predicted molar refractivity (Wildman–Crippen MR) is 232 cm³/mol. The molecule has 3 heterocycles. The molecule has 0 bridgehead atoms. The molecule has 6 heteroatoms. The van der Waals surface area contributed by atoms with E-state index in [9.17, 15) is 0 Å². The number of aromatic nitrogens is 4. The molecule has 3 aromatic heterocycles. The lowest BCUT2D eigenvalue weighted by molar-refractivity contribution is 0.623. The van der Waals surface area contributed by atoms with Crippen LogP contribution in [0.2, 0.25) is 0 Å². The Kier molecular flexibility index (Phi) is 6.73. The number of rotatable bonds is 4. The molecule has 0 saturated heterocycles. The van der Waals surface area contributed by atoms with Gasteiger partial charge in [0.25, 0.3) is 0 Å². The molecule has 0 unspecified atom stereocenters. The number of fused-ring (bicyclic) bond motifs is 11. The quantitative estimate of drug-likeness (QED) is 0.169. The van der Waals surface area contributed by atoms with Crippen molar-refractivity contribution in [2.45, 2.75) is 0 Å². The number of thiophene rings is 1. The Labute approximate surface area is 324 Å². The molecule has 0 aliphatic carbocycles. The van der Waals surface area contributed by atoms with Crippen LogP contribution in [0.3, 0.4) is 0 Å². The molecule has 0 aliphatic heterocycles. The Morgan fingerprint density at radius 2 is 1.05 bits per heavy atom. The van der Waals surface area contributed by atoms with Crippen molar-refractivity contribution in [2.75, 3.05) is 0 Å². The van der Waals surface area contributed by atoms with Crippen molar-refractivity contribution in [1.29, 1.82) is 0 Å². The summed E-state index contributed by atoms with van der Waals surface area (Å²) in [5, 5.41) is 11.3. The maximum absolute atomic E-state index is 6.80. The normalized spacial score (nSPS) is 11.9. The second-order valence-corrected chi connectivity index (χ2v) is 15.3. The minimum absolute atomic E-state index is 0.613. The van der Waals surface area contributed by atoms with Gasteiger partial charge in [0.2, 0.25) is 5.89 Å². The zero-order valence-electron chi connectivity index (χ0n) is 29.8. The fourth-order valence-electron chi connectivity index (χ4n) is 8.22. The molecular weight excluding hydrogens is 705 g/mol. The minimum Gasteiger partial charge on any atom is -0.435 e. The molecule has 0 atom stereocenters. The summed E-state index contributed by atoms with van der Waals surface area (Å²) in [4.78, 5) is 20.4. The summed E-state index contributed by atoms with van der Waals surface area (Å²) in [7, 11) is 0. The van der Waals surface area contributed by atoms with E-state index in [-0.39, 0.29) is 0 Å². The van der Waals surface area contributed by atoms with Crippen LogP contribution in [-0.2, 0) is 0 Å². The molecule has 0 radical (unpaired) electrons. The molecule has 0 N–H and O–H groups in total. The Balaban J connectivity index is 1.07. The summed E-state index contributed by atoms with van der Waals surface area (Å²) in [6.45, 7) is 0. The standard InChI is InChI=1S/C50H28N4OS/c1-2-10-32(11-3-1)47-52-48(34-20-17-29-9-4-5-12-33(29)27-34)54-49(53-47)39-15-8-14-38-36(39)24-21-30-18-19-31-22-25-41-46(45(31)44(30)38)55-50(51-41)35-23-26-43-40(28-35)37-13-6-7-16-42(37)56-43/h1-28H. The summed E-state index contributed by atoms with van der Waals surface area (Å²) < 4.78 is 9.33. The van der Waals surface area contributed by atoms with Crippen molar-refractivity contribution in [3.63, 3.8) is 0 Å². The summed E-state index contributed by atoms with van der Waals surface area (Å²) in [5.74, 6) is 2.50. The fraction of sp³-hybridized carbons (Fsp3) is 0. The van der Waals surface area contributed by atoms with E-state index < -0.39 is 0 Å². The van der Waals surface area contributed by atoms with Gasteiger partial charge in [-0.25, -0.2) is 19.9 Å². The number of hydrogen-bond donors (Lipinski definition) is 0. The lowest BCUT2D eigenvalue weighted by atomic mass is 9.93. The number of hydrogen-bond acceptors (Lipinski definition) is 6. The van der Waals surface area contributed by atoms with Gasteiger partial charge in [0.1, 0.15) is 5.52 Å². The lowest BCUT2D eigenvalue weighted by Crippen LogP contribution is -2.00. The van der Waals surface area contributed by atoms with Gasteiger partial charge in [-0.3, -0.25) is 0 Å². The van der Waals surface area contributed by atoms with Crippen LogP contribution in [0, 0.1) is 0 Å². The van der Waals surface area contributed by atoms with E-state index in [1.165, 1.54) is 25.6 Å². The van der Waals surface area contributed by atoms with Crippen LogP contribution in [0.25, 0.3) is 120 Å². The van der Waals surface area contributed by atoms with Gasteiger partial charge in [-0.15, -0.1) is 11.3 Å². The third-order valence-electron chi connectivity index (χ3n) is 10.9. The molecule has 0 spiro atoms. The second kappa shape index (κ2) is 12.1. The van der Waals surface area contributed by atoms with Crippen LogP contribution < -0.4 is 0 Å². The van der Waals surface area contributed by atoms with E-state index in [2.05, 4.69) is 140 Å². The van der Waals surface area contributed by atoms with Crippen molar-refractivity contribution >= 4 is 85.7 Å². The van der Waals surface area contributed by atoms with Gasteiger partial charge in [0, 0.05) is 53.2 Å². The first kappa shape index (κ1) is 31.1. The fourth-order valence-corrected chi connectivity index (χ4v) is 9.31. The molecule has 0 fully saturated rings. The van der Waals surface area contributed by atoms with Gasteiger partial charge < -0.3 is 4.42 Å². The van der Waals surface area contributed by atoms with Crippen molar-refractivity contribution in [1.82, 2.24) is 19.9 Å². The molecule has 0 saturated carbocycles. The zero-order chi connectivity index (χ0) is 36.7. The van der Waals surface area contributed by atoms with E-state index in [0.717, 1.165) is 71.1 Å². The van der Waals surface area contributed by atoms with E-state index in [1.807, 2.05) is 41.7 Å². The zero-order valence-corrected chi connectivity index (χ0v) is 30.6. The number of nitrogens with zero attached hydrogens (tertiary/aromatic N) is 4. The predicted octanol–water partition coefficient (Wildman–Crippen LogP) is 13.7. The average molecular weight is 733 g/mol. The Morgan fingerprint density at radius 3 is 1.96 bits per heavy atom. The third kappa shape index (κ3) is 4.86. The maximum Gasteiger partial charge on any atom is 0.227 e. The van der Waals surface area contributed by atoms with Crippen molar-refractivity contribution in [3.8, 4) is 45.6 Å². The molecule has 56 heavy (non-hydrogen) atoms. The van der Waals surface area contributed by atoms with Crippen molar-refractivity contribution in [3.05, 3.63) is 170 Å². The first-order chi connectivity index (χ1) is 27.7. The number of benzene rings is 9. The Hall–Kier alpha value is -7.28. The van der Waals surface area contributed by atoms with Gasteiger partial charge in [-0.1, -0.05) is 133 Å². The highest BCUT2D eigenvalue weighted by Crippen LogP contribution is 2.42. The topological polar surface area (TPSA) is 64.7 Å². The first-order valence-electron chi connectivity index (χ1n) is 18.6. The SMILES string of the molecule is c1ccc(-c2nc(-c3ccc4ccccc4c3)nc(-c3cccc4c3ccc3ccc5ccc6nc(-c7ccc8sc9ccccc9c8c7)oc6c5c34)n2)cc1. The van der Waals surface area contributed by atoms with Crippen molar-refractivity contribution in [2.24, 2.45) is 0 Å². The van der Waals surface area contributed by atoms with Gasteiger partial charge in [-0.05, 0) is 68.7 Å². The molecule has 12 aromatic rings. The second-order valence-electron chi connectivity index (χ2n) is 14.2. The largest absolute Gasteiger partial charge is 0.435 e. The molecule has 260 valence electrons. The number of oxazole rings is 1. The van der Waals surface area contributed by atoms with Gasteiger partial charge >= 0.3 is 0 Å². The van der Waals surface area contributed by atoms with Crippen molar-refractivity contribution < 1.29 is 4.42 Å². The van der Waals surface area contributed by atoms with Gasteiger partial charge in [0.15, 0.2) is 23.1 Å². The van der Waals surface area contributed by atoms with E-state index in [1.54, 1.807) is 0 Å². The molecule has 9 aromatic carbocycles. The van der Waals surface area contributed by atoms with Crippen LogP contribution in [0.1, 0.15) is 0 Å². The van der Waals surface area contributed by atoms with Gasteiger partial charge in [-0.2, -0.15) is 0 Å². The molecule has 12 rings (SSSR count). The van der Waals surface area contributed by atoms with Crippen LogP contribution in [-0.4, -0.2) is 19.9 Å². The van der Waals surface area contributed by atoms with Crippen LogP contribution in [0.15, 0.2) is 174 Å². The smallest absolute Gasteiger partial charge is 0.227 e. The highest BCUT2D eigenvalue weighted by atomic mass is 32.1. The molecular formula is C50H28N4OS. The Morgan fingerprint density at radius 1 is 0.375 bits per heavy atom. The van der Waals surface area contributed by atoms with E-state index in [4.69, 9.17) is 24.4 Å². The minimum atomic E-state index is 0.613. The molecule has 0 amide bonds. The van der Waals surface area contributed by atoms with Crippen LogP contribution in [0.4, 0.5) is 0 Å². The third-order valence-corrected chi connectivity index (χ3v) is 12.1. The average Bonchev–Trinajstić information content (AvgIpc) is 3.88. The van der Waals surface area contributed by atoms with E-state index in [0.29, 0.717) is 23.4 Å². The first-order valence-corrected chi connectivity index (χ1v) is 19.4. The molecule has 0 aliphatic rings.